The third-order valence-electron chi connectivity index (χ3n) is 4.63. The summed E-state index contributed by atoms with van der Waals surface area (Å²) in [5.41, 5.74) is 0.459. The first-order chi connectivity index (χ1) is 12.4. The van der Waals surface area contributed by atoms with Crippen LogP contribution in [0.5, 0.6) is 0 Å². The molecule has 1 aromatic rings. The summed E-state index contributed by atoms with van der Waals surface area (Å²) in [5.74, 6) is 1.12. The summed E-state index contributed by atoms with van der Waals surface area (Å²) in [4.78, 5) is 31.6. The fourth-order valence-corrected chi connectivity index (χ4v) is 4.11. The fourth-order valence-electron chi connectivity index (χ4n) is 3.32. The Balaban J connectivity index is 2.01. The van der Waals surface area contributed by atoms with Crippen molar-refractivity contribution in [1.82, 2.24) is 15.2 Å². The highest BCUT2D eigenvalue weighted by Gasteiger charge is 2.27. The molecule has 1 saturated carbocycles. The van der Waals surface area contributed by atoms with E-state index in [0.717, 1.165) is 37.2 Å². The number of thiazole rings is 1. The first kappa shape index (κ1) is 20.9. The van der Waals surface area contributed by atoms with Crippen molar-refractivity contribution in [3.05, 3.63) is 16.1 Å². The van der Waals surface area contributed by atoms with Crippen LogP contribution in [0.3, 0.4) is 0 Å². The molecule has 1 fully saturated rings. The van der Waals surface area contributed by atoms with Gasteiger partial charge in [-0.3, -0.25) is 9.59 Å². The number of hydrogen-bond donors (Lipinski definition) is 1. The summed E-state index contributed by atoms with van der Waals surface area (Å²) in [6.07, 6.45) is 5.57. The Kier molecular flexibility index (Phi) is 8.07. The molecule has 2 rings (SSSR count). The van der Waals surface area contributed by atoms with Crippen LogP contribution < -0.4 is 5.32 Å². The Bertz CT molecular complexity index is 592. The van der Waals surface area contributed by atoms with Gasteiger partial charge < -0.3 is 10.2 Å². The Morgan fingerprint density at radius 2 is 1.88 bits per heavy atom. The predicted molar refractivity (Wildman–Crippen MR) is 106 cm³/mol. The Morgan fingerprint density at radius 1 is 1.19 bits per heavy atom. The molecule has 0 bridgehead atoms. The highest BCUT2D eigenvalue weighted by Crippen LogP contribution is 2.26. The van der Waals surface area contributed by atoms with Crippen molar-refractivity contribution < 1.29 is 9.59 Å². The first-order valence-corrected chi connectivity index (χ1v) is 10.8. The molecule has 5 nitrogen and oxygen atoms in total. The van der Waals surface area contributed by atoms with Gasteiger partial charge in [0.1, 0.15) is 10.7 Å². The van der Waals surface area contributed by atoms with Crippen LogP contribution in [0.1, 0.15) is 75.3 Å². The maximum atomic E-state index is 13.0. The van der Waals surface area contributed by atoms with Gasteiger partial charge in [-0.05, 0) is 24.7 Å². The van der Waals surface area contributed by atoms with Crippen LogP contribution in [0.2, 0.25) is 0 Å². The summed E-state index contributed by atoms with van der Waals surface area (Å²) < 4.78 is 0. The summed E-state index contributed by atoms with van der Waals surface area (Å²) in [5, 5.41) is 5.53. The predicted octanol–water partition coefficient (Wildman–Crippen LogP) is 4.09. The van der Waals surface area contributed by atoms with E-state index in [1.165, 1.54) is 17.8 Å². The molecule has 0 aromatic carbocycles. The normalized spacial score (nSPS) is 15.5. The summed E-state index contributed by atoms with van der Waals surface area (Å²) in [6, 6.07) is 0. The van der Waals surface area contributed by atoms with Gasteiger partial charge in [0, 0.05) is 24.4 Å². The Hall–Kier alpha value is -1.43. The van der Waals surface area contributed by atoms with Crippen molar-refractivity contribution in [1.29, 1.82) is 0 Å². The zero-order valence-electron chi connectivity index (χ0n) is 16.6. The highest BCUT2D eigenvalue weighted by molar-refractivity contribution is 7.09. The molecule has 2 amide bonds. The van der Waals surface area contributed by atoms with E-state index in [1.807, 2.05) is 4.90 Å². The monoisotopic (exact) mass is 379 g/mol. The van der Waals surface area contributed by atoms with Crippen molar-refractivity contribution in [2.75, 3.05) is 13.1 Å². The number of hydrogen-bond acceptors (Lipinski definition) is 4. The molecule has 146 valence electrons. The van der Waals surface area contributed by atoms with Gasteiger partial charge in [0.05, 0.1) is 6.54 Å². The molecule has 0 spiro atoms. The summed E-state index contributed by atoms with van der Waals surface area (Å²) >= 11 is 1.47. The topological polar surface area (TPSA) is 62.3 Å². The Morgan fingerprint density at radius 3 is 2.50 bits per heavy atom. The standard InChI is InChI=1S/C20H33N3O2S/c1-14(2)10-21-19(24)17-13-26-18(22-17)12-23(11-15(3)4)20(25)16-8-6-5-7-9-16/h13-16H,5-12H2,1-4H3,(H,21,24). The van der Waals surface area contributed by atoms with E-state index in [0.29, 0.717) is 30.6 Å². The minimum atomic E-state index is -0.129. The van der Waals surface area contributed by atoms with Crippen molar-refractivity contribution in [2.45, 2.75) is 66.3 Å². The summed E-state index contributed by atoms with van der Waals surface area (Å²) in [7, 11) is 0. The smallest absolute Gasteiger partial charge is 0.270 e. The lowest BCUT2D eigenvalue weighted by atomic mass is 9.88. The number of carbonyl (C=O) groups excluding carboxylic acids is 2. The van der Waals surface area contributed by atoms with Crippen molar-refractivity contribution in [3.63, 3.8) is 0 Å². The van der Waals surface area contributed by atoms with Gasteiger partial charge in [0.25, 0.3) is 5.91 Å². The SMILES string of the molecule is CC(C)CNC(=O)c1csc(CN(CC(C)C)C(=O)C2CCCCC2)n1. The average molecular weight is 380 g/mol. The molecule has 1 heterocycles. The molecular formula is C20H33N3O2S. The number of amides is 2. The van der Waals surface area contributed by atoms with E-state index in [4.69, 9.17) is 0 Å². The van der Waals surface area contributed by atoms with Gasteiger partial charge in [-0.2, -0.15) is 0 Å². The van der Waals surface area contributed by atoms with Crippen LogP contribution in [-0.2, 0) is 11.3 Å². The Labute approximate surface area is 161 Å². The minimum Gasteiger partial charge on any atom is -0.350 e. The van der Waals surface area contributed by atoms with Gasteiger partial charge in [-0.15, -0.1) is 11.3 Å². The van der Waals surface area contributed by atoms with Crippen LogP contribution in [-0.4, -0.2) is 34.8 Å². The number of nitrogens with one attached hydrogen (secondary N) is 1. The summed E-state index contributed by atoms with van der Waals surface area (Å²) in [6.45, 7) is 10.3. The zero-order valence-corrected chi connectivity index (χ0v) is 17.4. The number of aromatic nitrogens is 1. The van der Waals surface area contributed by atoms with Gasteiger partial charge in [0.2, 0.25) is 5.91 Å². The second-order valence-electron chi connectivity index (χ2n) is 8.18. The molecular weight excluding hydrogens is 346 g/mol. The third kappa shape index (κ3) is 6.38. The van der Waals surface area contributed by atoms with E-state index in [-0.39, 0.29) is 17.7 Å². The van der Waals surface area contributed by atoms with Crippen LogP contribution in [0.4, 0.5) is 0 Å². The van der Waals surface area contributed by atoms with Gasteiger partial charge in [-0.1, -0.05) is 47.0 Å². The lowest BCUT2D eigenvalue weighted by Gasteiger charge is -2.30. The molecule has 0 unspecified atom stereocenters. The lowest BCUT2D eigenvalue weighted by Crippen LogP contribution is -2.38. The van der Waals surface area contributed by atoms with Crippen LogP contribution in [0.25, 0.3) is 0 Å². The fraction of sp³-hybridized carbons (Fsp3) is 0.750. The van der Waals surface area contributed by atoms with Crippen molar-refractivity contribution >= 4 is 23.2 Å². The molecule has 1 aromatic heterocycles. The molecule has 0 atom stereocenters. The quantitative estimate of drug-likeness (QED) is 0.740. The molecule has 1 aliphatic carbocycles. The van der Waals surface area contributed by atoms with Gasteiger partial charge in [0.15, 0.2) is 0 Å². The average Bonchev–Trinajstić information content (AvgIpc) is 3.07. The van der Waals surface area contributed by atoms with E-state index in [9.17, 15) is 9.59 Å². The maximum absolute atomic E-state index is 13.0. The second kappa shape index (κ2) is 10.0. The van der Waals surface area contributed by atoms with Crippen LogP contribution >= 0.6 is 11.3 Å². The minimum absolute atomic E-state index is 0.129. The molecule has 1 N–H and O–H groups in total. The van der Waals surface area contributed by atoms with Gasteiger partial charge in [-0.25, -0.2) is 4.98 Å². The molecule has 0 radical (unpaired) electrons. The molecule has 6 heteroatoms. The van der Waals surface area contributed by atoms with Gasteiger partial charge >= 0.3 is 0 Å². The third-order valence-corrected chi connectivity index (χ3v) is 5.47. The lowest BCUT2D eigenvalue weighted by molar-refractivity contribution is -0.137. The van der Waals surface area contributed by atoms with Crippen LogP contribution in [0.15, 0.2) is 5.38 Å². The van der Waals surface area contributed by atoms with E-state index in [2.05, 4.69) is 38.0 Å². The second-order valence-corrected chi connectivity index (χ2v) is 9.12. The molecule has 1 aliphatic rings. The van der Waals surface area contributed by atoms with E-state index >= 15 is 0 Å². The van der Waals surface area contributed by atoms with E-state index < -0.39 is 0 Å². The molecule has 26 heavy (non-hydrogen) atoms. The molecule has 0 aliphatic heterocycles. The first-order valence-electron chi connectivity index (χ1n) is 9.88. The van der Waals surface area contributed by atoms with Crippen LogP contribution in [0, 0.1) is 17.8 Å². The largest absolute Gasteiger partial charge is 0.350 e. The van der Waals surface area contributed by atoms with Crippen molar-refractivity contribution in [2.24, 2.45) is 17.8 Å². The highest BCUT2D eigenvalue weighted by atomic mass is 32.1. The zero-order chi connectivity index (χ0) is 19.1. The number of carbonyl (C=O) groups is 2. The maximum Gasteiger partial charge on any atom is 0.270 e. The number of rotatable bonds is 8. The van der Waals surface area contributed by atoms with E-state index in [1.54, 1.807) is 5.38 Å². The molecule has 0 saturated heterocycles. The van der Waals surface area contributed by atoms with Crippen molar-refractivity contribution in [3.8, 4) is 0 Å². The number of nitrogens with zero attached hydrogens (tertiary/aromatic N) is 2.